The van der Waals surface area contributed by atoms with Crippen LogP contribution < -0.4 is 10.1 Å². The molecule has 0 unspecified atom stereocenters. The van der Waals surface area contributed by atoms with Crippen LogP contribution in [0.5, 0.6) is 5.75 Å². The van der Waals surface area contributed by atoms with Crippen molar-refractivity contribution in [2.75, 3.05) is 5.32 Å². The molecule has 0 atom stereocenters. The van der Waals surface area contributed by atoms with Crippen molar-refractivity contribution >= 4 is 23.4 Å². The Hall–Kier alpha value is -4.44. The molecule has 0 saturated carbocycles. The van der Waals surface area contributed by atoms with E-state index in [2.05, 4.69) is 5.32 Å². The predicted octanol–water partition coefficient (Wildman–Crippen LogP) is 4.72. The van der Waals surface area contributed by atoms with E-state index in [1.807, 2.05) is 12.1 Å². The first-order valence-corrected chi connectivity index (χ1v) is 8.99. The van der Waals surface area contributed by atoms with Gasteiger partial charge in [0, 0.05) is 17.8 Å². The largest absolute Gasteiger partial charge is 0.489 e. The molecule has 0 bridgehead atoms. The molecule has 0 heterocycles. The van der Waals surface area contributed by atoms with E-state index in [4.69, 9.17) is 4.74 Å². The first-order chi connectivity index (χ1) is 14.5. The Morgan fingerprint density at radius 2 is 1.80 bits per heavy atom. The van der Waals surface area contributed by atoms with Crippen LogP contribution in [0.3, 0.4) is 0 Å². The molecule has 0 radical (unpaired) electrons. The van der Waals surface area contributed by atoms with Crippen molar-refractivity contribution in [3.05, 3.63) is 106 Å². The fourth-order valence-corrected chi connectivity index (χ4v) is 2.62. The van der Waals surface area contributed by atoms with E-state index in [-0.39, 0.29) is 17.9 Å². The van der Waals surface area contributed by atoms with Gasteiger partial charge in [-0.1, -0.05) is 42.5 Å². The van der Waals surface area contributed by atoms with Crippen LogP contribution in [0.1, 0.15) is 11.1 Å². The minimum absolute atomic E-state index is 0.00870. The van der Waals surface area contributed by atoms with Crippen LogP contribution in [0, 0.1) is 21.4 Å². The molecule has 0 aromatic heterocycles. The third-order valence-electron chi connectivity index (χ3n) is 4.11. The van der Waals surface area contributed by atoms with Crippen LogP contribution in [-0.4, -0.2) is 10.8 Å². The predicted molar refractivity (Wildman–Crippen MR) is 113 cm³/mol. The van der Waals surface area contributed by atoms with Gasteiger partial charge < -0.3 is 10.1 Å². The lowest BCUT2D eigenvalue weighted by molar-refractivity contribution is -0.384. The average molecular weight is 399 g/mol. The van der Waals surface area contributed by atoms with E-state index in [0.717, 1.165) is 0 Å². The molecule has 0 aliphatic heterocycles. The average Bonchev–Trinajstić information content (AvgIpc) is 2.77. The summed E-state index contributed by atoms with van der Waals surface area (Å²) in [4.78, 5) is 22.7. The summed E-state index contributed by atoms with van der Waals surface area (Å²) in [5.74, 6) is 0.0700. The lowest BCUT2D eigenvalue weighted by Crippen LogP contribution is -2.13. The van der Waals surface area contributed by atoms with E-state index in [9.17, 15) is 20.2 Å². The Morgan fingerprint density at radius 1 is 1.07 bits per heavy atom. The standard InChI is InChI=1S/C23H17N3O4/c24-15-19(23(27)25-20-6-2-1-3-7-20)13-17-9-11-22(12-10-17)30-16-18-5-4-8-21(14-18)26(28)29/h1-14H,16H2,(H,25,27)/b19-13-. The normalized spacial score (nSPS) is 10.7. The van der Waals surface area contributed by atoms with Crippen molar-refractivity contribution in [3.63, 3.8) is 0 Å². The molecule has 30 heavy (non-hydrogen) atoms. The molecule has 0 spiro atoms. The number of nitriles is 1. The summed E-state index contributed by atoms with van der Waals surface area (Å²) in [5.41, 5.74) is 1.93. The van der Waals surface area contributed by atoms with Crippen LogP contribution in [0.15, 0.2) is 84.4 Å². The molecule has 148 valence electrons. The van der Waals surface area contributed by atoms with Crippen molar-refractivity contribution in [1.82, 2.24) is 0 Å². The highest BCUT2D eigenvalue weighted by atomic mass is 16.6. The minimum Gasteiger partial charge on any atom is -0.489 e. The number of hydrogen-bond acceptors (Lipinski definition) is 5. The highest BCUT2D eigenvalue weighted by Gasteiger charge is 2.10. The Bertz CT molecular complexity index is 1120. The number of nitro groups is 1. The Labute approximate surface area is 173 Å². The number of rotatable bonds is 7. The molecule has 3 aromatic carbocycles. The number of hydrogen-bond donors (Lipinski definition) is 1. The molecule has 7 nitrogen and oxygen atoms in total. The molecule has 1 amide bonds. The van der Waals surface area contributed by atoms with E-state index in [1.165, 1.54) is 18.2 Å². The number of anilines is 1. The number of carbonyl (C=O) groups excluding carboxylic acids is 1. The molecule has 7 heteroatoms. The Kier molecular flexibility index (Phi) is 6.54. The third kappa shape index (κ3) is 5.53. The van der Waals surface area contributed by atoms with E-state index < -0.39 is 10.8 Å². The van der Waals surface area contributed by atoms with Crippen LogP contribution in [0.2, 0.25) is 0 Å². The molecule has 0 fully saturated rings. The molecule has 3 aromatic rings. The van der Waals surface area contributed by atoms with Gasteiger partial charge in [0.15, 0.2) is 0 Å². The maximum absolute atomic E-state index is 12.3. The number of para-hydroxylation sites is 1. The monoisotopic (exact) mass is 399 g/mol. The number of nitrogens with zero attached hydrogens (tertiary/aromatic N) is 2. The summed E-state index contributed by atoms with van der Waals surface area (Å²) >= 11 is 0. The molecule has 3 rings (SSSR count). The van der Waals surface area contributed by atoms with Crippen LogP contribution in [0.4, 0.5) is 11.4 Å². The van der Waals surface area contributed by atoms with E-state index in [1.54, 1.807) is 60.7 Å². The number of nitro benzene ring substituents is 1. The Balaban J connectivity index is 1.64. The number of carbonyl (C=O) groups is 1. The minimum atomic E-state index is -0.491. The van der Waals surface area contributed by atoms with Crippen molar-refractivity contribution in [2.45, 2.75) is 6.61 Å². The first kappa shape index (κ1) is 20.3. The van der Waals surface area contributed by atoms with Gasteiger partial charge in [-0.2, -0.15) is 5.26 Å². The van der Waals surface area contributed by atoms with Crippen molar-refractivity contribution in [2.24, 2.45) is 0 Å². The zero-order valence-electron chi connectivity index (χ0n) is 15.8. The number of amides is 1. The molecule has 0 saturated heterocycles. The zero-order chi connectivity index (χ0) is 21.3. The van der Waals surface area contributed by atoms with Gasteiger partial charge in [-0.05, 0) is 41.5 Å². The van der Waals surface area contributed by atoms with Crippen LogP contribution in [0.25, 0.3) is 6.08 Å². The molecule has 1 N–H and O–H groups in total. The summed E-state index contributed by atoms with van der Waals surface area (Å²) in [5, 5.41) is 22.8. The summed E-state index contributed by atoms with van der Waals surface area (Å²) in [6, 6.07) is 23.9. The fraction of sp³-hybridized carbons (Fsp3) is 0.0435. The summed E-state index contributed by atoms with van der Waals surface area (Å²) in [6.45, 7) is 0.180. The maximum Gasteiger partial charge on any atom is 0.269 e. The number of ether oxygens (including phenoxy) is 1. The molecule has 0 aliphatic carbocycles. The molecular weight excluding hydrogens is 382 g/mol. The van der Waals surface area contributed by atoms with Gasteiger partial charge >= 0.3 is 0 Å². The summed E-state index contributed by atoms with van der Waals surface area (Å²) < 4.78 is 5.65. The summed E-state index contributed by atoms with van der Waals surface area (Å²) in [7, 11) is 0. The second-order valence-corrected chi connectivity index (χ2v) is 6.27. The van der Waals surface area contributed by atoms with E-state index >= 15 is 0 Å². The van der Waals surface area contributed by atoms with Crippen LogP contribution >= 0.6 is 0 Å². The molecule has 0 aliphatic rings. The van der Waals surface area contributed by atoms with Crippen molar-refractivity contribution in [3.8, 4) is 11.8 Å². The second kappa shape index (κ2) is 9.66. The maximum atomic E-state index is 12.3. The van der Waals surface area contributed by atoms with E-state index in [0.29, 0.717) is 22.6 Å². The topological polar surface area (TPSA) is 105 Å². The van der Waals surface area contributed by atoms with Crippen molar-refractivity contribution < 1.29 is 14.5 Å². The lowest BCUT2D eigenvalue weighted by Gasteiger charge is -2.07. The van der Waals surface area contributed by atoms with Crippen LogP contribution in [-0.2, 0) is 11.4 Å². The smallest absolute Gasteiger partial charge is 0.269 e. The highest BCUT2D eigenvalue weighted by Crippen LogP contribution is 2.19. The number of nitrogens with one attached hydrogen (secondary N) is 1. The van der Waals surface area contributed by atoms with Crippen molar-refractivity contribution in [1.29, 1.82) is 5.26 Å². The number of non-ortho nitro benzene ring substituents is 1. The van der Waals surface area contributed by atoms with Gasteiger partial charge in [-0.15, -0.1) is 0 Å². The van der Waals surface area contributed by atoms with Gasteiger partial charge in [0.2, 0.25) is 0 Å². The third-order valence-corrected chi connectivity index (χ3v) is 4.11. The zero-order valence-corrected chi connectivity index (χ0v) is 15.8. The Morgan fingerprint density at radius 3 is 2.47 bits per heavy atom. The van der Waals surface area contributed by atoms with Gasteiger partial charge in [0.1, 0.15) is 24.0 Å². The fourth-order valence-electron chi connectivity index (χ4n) is 2.62. The lowest BCUT2D eigenvalue weighted by atomic mass is 10.1. The quantitative estimate of drug-likeness (QED) is 0.268. The second-order valence-electron chi connectivity index (χ2n) is 6.27. The number of benzene rings is 3. The molecular formula is C23H17N3O4. The van der Waals surface area contributed by atoms with Gasteiger partial charge in [0.25, 0.3) is 11.6 Å². The van der Waals surface area contributed by atoms with Gasteiger partial charge in [0.05, 0.1) is 4.92 Å². The van der Waals surface area contributed by atoms with Gasteiger partial charge in [-0.25, -0.2) is 0 Å². The highest BCUT2D eigenvalue weighted by molar-refractivity contribution is 6.09. The summed E-state index contributed by atoms with van der Waals surface area (Å²) in [6.07, 6.45) is 1.49. The first-order valence-electron chi connectivity index (χ1n) is 8.99. The SMILES string of the molecule is N#C/C(=C/c1ccc(OCc2cccc([N+](=O)[O-])c2)cc1)C(=O)Nc1ccccc1. The van der Waals surface area contributed by atoms with Gasteiger partial charge in [-0.3, -0.25) is 14.9 Å².